The molecule has 1 N–H and O–H groups in total. The summed E-state index contributed by atoms with van der Waals surface area (Å²) in [4.78, 5) is 14.1. The van der Waals surface area contributed by atoms with Crippen LogP contribution in [0.25, 0.3) is 0 Å². The predicted molar refractivity (Wildman–Crippen MR) is 84.6 cm³/mol. The molecular formula is C17H26N2O2. The number of piperidine rings is 1. The highest BCUT2D eigenvalue weighted by molar-refractivity contribution is 5.76. The van der Waals surface area contributed by atoms with E-state index in [1.165, 1.54) is 0 Å². The van der Waals surface area contributed by atoms with Crippen LogP contribution in [0, 0.1) is 6.92 Å². The van der Waals surface area contributed by atoms with E-state index in [0.29, 0.717) is 19.1 Å². The minimum atomic E-state index is 0.232. The molecule has 0 saturated carbocycles. The van der Waals surface area contributed by atoms with Crippen LogP contribution in [0.2, 0.25) is 0 Å². The smallest absolute Gasteiger partial charge is 0.222 e. The zero-order valence-corrected chi connectivity index (χ0v) is 13.1. The summed E-state index contributed by atoms with van der Waals surface area (Å²) in [5, 5.41) is 3.33. The average molecular weight is 290 g/mol. The minimum Gasteiger partial charge on any atom is -0.493 e. The van der Waals surface area contributed by atoms with Gasteiger partial charge in [-0.05, 0) is 50.9 Å². The Morgan fingerprint density at radius 2 is 2.05 bits per heavy atom. The molecule has 1 aliphatic heterocycles. The molecule has 1 aromatic rings. The van der Waals surface area contributed by atoms with Crippen molar-refractivity contribution in [2.45, 2.75) is 38.6 Å². The molecule has 0 aliphatic carbocycles. The molecule has 0 aromatic heterocycles. The number of ether oxygens (including phenoxy) is 1. The van der Waals surface area contributed by atoms with Crippen molar-refractivity contribution in [3.8, 4) is 5.75 Å². The van der Waals surface area contributed by atoms with Crippen LogP contribution in [0.4, 0.5) is 0 Å². The quantitative estimate of drug-likeness (QED) is 0.818. The highest BCUT2D eigenvalue weighted by Gasteiger charge is 2.21. The normalized spacial score (nSPS) is 15.7. The molecule has 0 atom stereocenters. The van der Waals surface area contributed by atoms with Crippen LogP contribution < -0.4 is 10.1 Å². The van der Waals surface area contributed by atoms with Crippen molar-refractivity contribution in [3.63, 3.8) is 0 Å². The van der Waals surface area contributed by atoms with E-state index in [0.717, 1.165) is 43.7 Å². The third-order valence-corrected chi connectivity index (χ3v) is 4.14. The number of hydrogen-bond donors (Lipinski definition) is 1. The number of rotatable bonds is 6. The topological polar surface area (TPSA) is 41.6 Å². The first-order valence-corrected chi connectivity index (χ1v) is 7.83. The van der Waals surface area contributed by atoms with Crippen molar-refractivity contribution in [2.24, 2.45) is 0 Å². The number of nitrogens with zero attached hydrogens (tertiary/aromatic N) is 1. The number of carbonyl (C=O) groups excluding carboxylic acids is 1. The Morgan fingerprint density at radius 3 is 2.76 bits per heavy atom. The summed E-state index contributed by atoms with van der Waals surface area (Å²) in [5.74, 6) is 1.15. The van der Waals surface area contributed by atoms with E-state index in [1.807, 2.05) is 43.1 Å². The highest BCUT2D eigenvalue weighted by atomic mass is 16.5. The molecule has 0 radical (unpaired) electrons. The fourth-order valence-corrected chi connectivity index (χ4v) is 2.70. The van der Waals surface area contributed by atoms with Gasteiger partial charge in [-0.2, -0.15) is 0 Å². The first kappa shape index (κ1) is 15.8. The Balaban J connectivity index is 1.68. The maximum absolute atomic E-state index is 12.2. The van der Waals surface area contributed by atoms with Gasteiger partial charge in [0.2, 0.25) is 5.91 Å². The maximum atomic E-state index is 12.2. The van der Waals surface area contributed by atoms with Crippen molar-refractivity contribution < 1.29 is 9.53 Å². The second-order valence-electron chi connectivity index (χ2n) is 5.70. The molecule has 0 unspecified atom stereocenters. The standard InChI is InChI=1S/C17H26N2O2/c1-14-6-3-4-7-16(14)21-13-5-8-17(20)19(2)15-9-11-18-12-10-15/h3-4,6-7,15,18H,5,8-13H2,1-2H3. The Bertz CT molecular complexity index is 456. The zero-order chi connectivity index (χ0) is 15.1. The largest absolute Gasteiger partial charge is 0.493 e. The SMILES string of the molecule is Cc1ccccc1OCCCC(=O)N(C)C1CCNCC1. The summed E-state index contributed by atoms with van der Waals surface area (Å²) < 4.78 is 5.73. The van der Waals surface area contributed by atoms with Gasteiger partial charge < -0.3 is 15.0 Å². The minimum absolute atomic E-state index is 0.232. The van der Waals surface area contributed by atoms with Crippen LogP contribution in [0.1, 0.15) is 31.2 Å². The van der Waals surface area contributed by atoms with Gasteiger partial charge in [0.15, 0.2) is 0 Å². The van der Waals surface area contributed by atoms with E-state index in [4.69, 9.17) is 4.74 Å². The van der Waals surface area contributed by atoms with Gasteiger partial charge in [-0.3, -0.25) is 4.79 Å². The van der Waals surface area contributed by atoms with Crippen molar-refractivity contribution in [3.05, 3.63) is 29.8 Å². The van der Waals surface area contributed by atoms with Gasteiger partial charge >= 0.3 is 0 Å². The third kappa shape index (κ3) is 4.74. The van der Waals surface area contributed by atoms with Gasteiger partial charge in [-0.1, -0.05) is 18.2 Å². The van der Waals surface area contributed by atoms with E-state index < -0.39 is 0 Å². The average Bonchev–Trinajstić information content (AvgIpc) is 2.53. The van der Waals surface area contributed by atoms with Crippen molar-refractivity contribution in [2.75, 3.05) is 26.7 Å². The molecule has 116 valence electrons. The van der Waals surface area contributed by atoms with Crippen LogP contribution in [0.15, 0.2) is 24.3 Å². The Labute approximate surface area is 127 Å². The second kappa shape index (κ2) is 8.03. The van der Waals surface area contributed by atoms with E-state index in [2.05, 4.69) is 5.32 Å². The van der Waals surface area contributed by atoms with Crippen molar-refractivity contribution in [1.29, 1.82) is 0 Å². The zero-order valence-electron chi connectivity index (χ0n) is 13.1. The molecule has 1 aliphatic rings. The molecule has 1 amide bonds. The van der Waals surface area contributed by atoms with E-state index in [-0.39, 0.29) is 5.91 Å². The number of para-hydroxylation sites is 1. The molecule has 1 aromatic carbocycles. The summed E-state index contributed by atoms with van der Waals surface area (Å²) >= 11 is 0. The van der Waals surface area contributed by atoms with Crippen molar-refractivity contribution in [1.82, 2.24) is 10.2 Å². The number of amides is 1. The number of nitrogens with one attached hydrogen (secondary N) is 1. The summed E-state index contributed by atoms with van der Waals surface area (Å²) in [5.41, 5.74) is 1.13. The van der Waals surface area contributed by atoms with Gasteiger partial charge in [-0.15, -0.1) is 0 Å². The lowest BCUT2D eigenvalue weighted by atomic mass is 10.0. The number of hydrogen-bond acceptors (Lipinski definition) is 3. The molecule has 4 heteroatoms. The number of benzene rings is 1. The number of carbonyl (C=O) groups is 1. The summed E-state index contributed by atoms with van der Waals surface area (Å²) in [6, 6.07) is 8.37. The predicted octanol–water partition coefficient (Wildman–Crippen LogP) is 2.36. The van der Waals surface area contributed by atoms with Crippen LogP contribution in [-0.2, 0) is 4.79 Å². The van der Waals surface area contributed by atoms with E-state index >= 15 is 0 Å². The highest BCUT2D eigenvalue weighted by Crippen LogP contribution is 2.17. The lowest BCUT2D eigenvalue weighted by Gasteiger charge is -2.31. The van der Waals surface area contributed by atoms with E-state index in [9.17, 15) is 4.79 Å². The lowest BCUT2D eigenvalue weighted by molar-refractivity contribution is -0.132. The molecule has 0 bridgehead atoms. The summed E-state index contributed by atoms with van der Waals surface area (Å²) in [6.45, 7) is 4.65. The van der Waals surface area contributed by atoms with E-state index in [1.54, 1.807) is 0 Å². The Hall–Kier alpha value is -1.55. The molecular weight excluding hydrogens is 264 g/mol. The summed E-state index contributed by atoms with van der Waals surface area (Å²) in [7, 11) is 1.93. The Kier molecular flexibility index (Phi) is 6.05. The molecule has 21 heavy (non-hydrogen) atoms. The molecule has 4 nitrogen and oxygen atoms in total. The molecule has 0 spiro atoms. The molecule has 1 heterocycles. The van der Waals surface area contributed by atoms with Crippen LogP contribution in [-0.4, -0.2) is 43.6 Å². The lowest BCUT2D eigenvalue weighted by Crippen LogP contribution is -2.43. The van der Waals surface area contributed by atoms with Crippen LogP contribution in [0.5, 0.6) is 5.75 Å². The maximum Gasteiger partial charge on any atom is 0.222 e. The molecule has 1 fully saturated rings. The first-order valence-electron chi connectivity index (χ1n) is 7.83. The first-order chi connectivity index (χ1) is 10.2. The van der Waals surface area contributed by atoms with Crippen LogP contribution >= 0.6 is 0 Å². The van der Waals surface area contributed by atoms with Gasteiger partial charge in [-0.25, -0.2) is 0 Å². The second-order valence-corrected chi connectivity index (χ2v) is 5.70. The fourth-order valence-electron chi connectivity index (χ4n) is 2.70. The molecule has 2 rings (SSSR count). The van der Waals surface area contributed by atoms with Gasteiger partial charge in [0.05, 0.1) is 6.61 Å². The fraction of sp³-hybridized carbons (Fsp3) is 0.588. The van der Waals surface area contributed by atoms with Gasteiger partial charge in [0, 0.05) is 19.5 Å². The third-order valence-electron chi connectivity index (χ3n) is 4.14. The summed E-state index contributed by atoms with van der Waals surface area (Å²) in [6.07, 6.45) is 3.44. The monoisotopic (exact) mass is 290 g/mol. The molecule has 1 saturated heterocycles. The van der Waals surface area contributed by atoms with Gasteiger partial charge in [0.25, 0.3) is 0 Å². The van der Waals surface area contributed by atoms with Gasteiger partial charge in [0.1, 0.15) is 5.75 Å². The van der Waals surface area contributed by atoms with Crippen molar-refractivity contribution >= 4 is 5.91 Å². The number of aryl methyl sites for hydroxylation is 1. The van der Waals surface area contributed by atoms with Crippen LogP contribution in [0.3, 0.4) is 0 Å². The Morgan fingerprint density at radius 1 is 1.33 bits per heavy atom.